The second-order valence-electron chi connectivity index (χ2n) is 3.88. The zero-order valence-electron chi connectivity index (χ0n) is 10.9. The summed E-state index contributed by atoms with van der Waals surface area (Å²) in [6, 6.07) is 0. The van der Waals surface area contributed by atoms with Crippen molar-refractivity contribution in [1.29, 1.82) is 0 Å². The molecular formula is C12H16N4OS. The van der Waals surface area contributed by atoms with Gasteiger partial charge in [-0.1, -0.05) is 6.92 Å². The number of hydrogen-bond acceptors (Lipinski definition) is 6. The molecule has 6 heteroatoms. The van der Waals surface area contributed by atoms with Crippen molar-refractivity contribution in [2.24, 2.45) is 0 Å². The Morgan fingerprint density at radius 3 is 2.61 bits per heavy atom. The minimum atomic E-state index is 0.610. The highest BCUT2D eigenvalue weighted by molar-refractivity contribution is 7.99. The molecule has 0 aliphatic heterocycles. The number of nitrogens with one attached hydrogen (secondary N) is 1. The van der Waals surface area contributed by atoms with Crippen molar-refractivity contribution < 1.29 is 4.42 Å². The summed E-state index contributed by atoms with van der Waals surface area (Å²) < 4.78 is 5.34. The summed E-state index contributed by atoms with van der Waals surface area (Å²) in [6.07, 6.45) is 2.44. The third-order valence-electron chi connectivity index (χ3n) is 2.48. The summed E-state index contributed by atoms with van der Waals surface area (Å²) in [6.45, 7) is 5.92. The number of aromatic nitrogens is 3. The minimum Gasteiger partial charge on any atom is -0.439 e. The van der Waals surface area contributed by atoms with Gasteiger partial charge < -0.3 is 9.73 Å². The predicted molar refractivity (Wildman–Crippen MR) is 71.1 cm³/mol. The molecule has 2 aromatic heterocycles. The number of anilines is 1. The summed E-state index contributed by atoms with van der Waals surface area (Å²) in [5, 5.41) is 4.58. The van der Waals surface area contributed by atoms with E-state index in [1.165, 1.54) is 11.8 Å². The van der Waals surface area contributed by atoms with Crippen LogP contribution in [0.1, 0.15) is 24.0 Å². The summed E-state index contributed by atoms with van der Waals surface area (Å²) in [5.41, 5.74) is 1.88. The SMILES string of the molecule is CCc1nc(NC)c(C)c(Sc2nc(C)co2)n1. The van der Waals surface area contributed by atoms with Gasteiger partial charge in [0.05, 0.1) is 5.69 Å². The maximum absolute atomic E-state index is 5.34. The largest absolute Gasteiger partial charge is 0.439 e. The van der Waals surface area contributed by atoms with Gasteiger partial charge in [0.1, 0.15) is 22.9 Å². The quantitative estimate of drug-likeness (QED) is 0.857. The van der Waals surface area contributed by atoms with Crippen LogP contribution in [0.25, 0.3) is 0 Å². The number of hydrogen-bond donors (Lipinski definition) is 1. The van der Waals surface area contributed by atoms with Crippen molar-refractivity contribution in [1.82, 2.24) is 15.0 Å². The molecule has 0 fully saturated rings. The Morgan fingerprint density at radius 2 is 2.06 bits per heavy atom. The van der Waals surface area contributed by atoms with Crippen LogP contribution in [0.15, 0.2) is 20.9 Å². The van der Waals surface area contributed by atoms with Crippen LogP contribution in [0, 0.1) is 13.8 Å². The maximum Gasteiger partial charge on any atom is 0.262 e. The fourth-order valence-corrected chi connectivity index (χ4v) is 2.36. The van der Waals surface area contributed by atoms with E-state index in [1.807, 2.05) is 27.8 Å². The molecule has 0 amide bonds. The molecule has 18 heavy (non-hydrogen) atoms. The molecule has 0 spiro atoms. The van der Waals surface area contributed by atoms with Crippen LogP contribution in [0.4, 0.5) is 5.82 Å². The lowest BCUT2D eigenvalue weighted by molar-refractivity contribution is 0.453. The number of aryl methyl sites for hydroxylation is 2. The zero-order valence-corrected chi connectivity index (χ0v) is 11.8. The number of rotatable bonds is 4. The molecule has 5 nitrogen and oxygen atoms in total. The van der Waals surface area contributed by atoms with Crippen LogP contribution >= 0.6 is 11.8 Å². The molecular weight excluding hydrogens is 248 g/mol. The molecule has 2 aromatic rings. The average molecular weight is 264 g/mol. The van der Waals surface area contributed by atoms with Crippen LogP contribution in [-0.2, 0) is 6.42 Å². The van der Waals surface area contributed by atoms with E-state index >= 15 is 0 Å². The average Bonchev–Trinajstić information content (AvgIpc) is 2.77. The summed E-state index contributed by atoms with van der Waals surface area (Å²) >= 11 is 1.43. The van der Waals surface area contributed by atoms with Crippen molar-refractivity contribution in [3.05, 3.63) is 23.3 Å². The van der Waals surface area contributed by atoms with Crippen LogP contribution in [0.3, 0.4) is 0 Å². The van der Waals surface area contributed by atoms with Gasteiger partial charge in [0.2, 0.25) is 0 Å². The van der Waals surface area contributed by atoms with E-state index in [2.05, 4.69) is 20.3 Å². The van der Waals surface area contributed by atoms with E-state index in [1.54, 1.807) is 6.26 Å². The molecule has 2 heterocycles. The highest BCUT2D eigenvalue weighted by atomic mass is 32.2. The Balaban J connectivity index is 2.36. The molecule has 0 bridgehead atoms. The highest BCUT2D eigenvalue weighted by Gasteiger charge is 2.13. The van der Waals surface area contributed by atoms with Crippen LogP contribution in [0.2, 0.25) is 0 Å². The lowest BCUT2D eigenvalue weighted by Gasteiger charge is -2.09. The van der Waals surface area contributed by atoms with Gasteiger partial charge in [0.25, 0.3) is 5.22 Å². The number of nitrogens with zero attached hydrogens (tertiary/aromatic N) is 3. The maximum atomic E-state index is 5.34. The van der Waals surface area contributed by atoms with Gasteiger partial charge in [-0.05, 0) is 25.6 Å². The molecule has 2 rings (SSSR count). The molecule has 0 saturated carbocycles. The van der Waals surface area contributed by atoms with Gasteiger partial charge in [-0.3, -0.25) is 0 Å². The Kier molecular flexibility index (Phi) is 3.86. The second kappa shape index (κ2) is 5.39. The van der Waals surface area contributed by atoms with Gasteiger partial charge in [-0.15, -0.1) is 0 Å². The first-order chi connectivity index (χ1) is 8.63. The molecule has 0 aromatic carbocycles. The monoisotopic (exact) mass is 264 g/mol. The van der Waals surface area contributed by atoms with E-state index in [9.17, 15) is 0 Å². The smallest absolute Gasteiger partial charge is 0.262 e. The van der Waals surface area contributed by atoms with Crippen LogP contribution < -0.4 is 5.32 Å². The summed E-state index contributed by atoms with van der Waals surface area (Å²) in [7, 11) is 1.86. The predicted octanol–water partition coefficient (Wildman–Crippen LogP) is 2.84. The summed E-state index contributed by atoms with van der Waals surface area (Å²) in [4.78, 5) is 13.2. The van der Waals surface area contributed by atoms with E-state index in [-0.39, 0.29) is 0 Å². The zero-order chi connectivity index (χ0) is 13.1. The molecule has 96 valence electrons. The van der Waals surface area contributed by atoms with E-state index in [4.69, 9.17) is 4.42 Å². The molecule has 0 aliphatic rings. The van der Waals surface area contributed by atoms with Crippen molar-refractivity contribution in [3.8, 4) is 0 Å². The fourth-order valence-electron chi connectivity index (χ4n) is 1.50. The van der Waals surface area contributed by atoms with E-state index < -0.39 is 0 Å². The first-order valence-electron chi connectivity index (χ1n) is 5.79. The van der Waals surface area contributed by atoms with Gasteiger partial charge in [0.15, 0.2) is 0 Å². The lowest BCUT2D eigenvalue weighted by Crippen LogP contribution is -2.04. The molecule has 0 aliphatic carbocycles. The van der Waals surface area contributed by atoms with Gasteiger partial charge in [-0.25, -0.2) is 15.0 Å². The Labute approximate surface area is 110 Å². The Morgan fingerprint density at radius 1 is 1.28 bits per heavy atom. The van der Waals surface area contributed by atoms with Crippen molar-refractivity contribution in [2.45, 2.75) is 37.4 Å². The standard InChI is InChI=1S/C12H16N4OS/c1-5-9-15-10(13-4)8(3)11(16-9)18-12-14-7(2)6-17-12/h6H,5H2,1-4H3,(H,13,15,16). The normalized spacial score (nSPS) is 10.7. The lowest BCUT2D eigenvalue weighted by atomic mass is 10.3. The Bertz CT molecular complexity index is 553. The van der Waals surface area contributed by atoms with Crippen molar-refractivity contribution >= 4 is 17.6 Å². The topological polar surface area (TPSA) is 63.8 Å². The molecule has 0 unspecified atom stereocenters. The molecule has 0 radical (unpaired) electrons. The first-order valence-corrected chi connectivity index (χ1v) is 6.61. The van der Waals surface area contributed by atoms with Crippen molar-refractivity contribution in [2.75, 3.05) is 12.4 Å². The summed E-state index contributed by atoms with van der Waals surface area (Å²) in [5.74, 6) is 1.67. The molecule has 0 saturated heterocycles. The van der Waals surface area contributed by atoms with E-state index in [0.29, 0.717) is 5.22 Å². The van der Waals surface area contributed by atoms with Crippen LogP contribution in [-0.4, -0.2) is 22.0 Å². The third kappa shape index (κ3) is 2.64. The van der Waals surface area contributed by atoms with Gasteiger partial charge in [-0.2, -0.15) is 0 Å². The highest BCUT2D eigenvalue weighted by Crippen LogP contribution is 2.30. The second-order valence-corrected chi connectivity index (χ2v) is 4.82. The van der Waals surface area contributed by atoms with Gasteiger partial charge >= 0.3 is 0 Å². The third-order valence-corrected chi connectivity index (χ3v) is 3.44. The minimum absolute atomic E-state index is 0.610. The number of oxazole rings is 1. The fraction of sp³-hybridized carbons (Fsp3) is 0.417. The van der Waals surface area contributed by atoms with E-state index in [0.717, 1.165) is 34.3 Å². The Hall–Kier alpha value is -1.56. The molecule has 1 N–H and O–H groups in total. The van der Waals surface area contributed by atoms with Crippen LogP contribution in [0.5, 0.6) is 0 Å². The first kappa shape index (κ1) is 12.9. The van der Waals surface area contributed by atoms with Gasteiger partial charge in [0, 0.05) is 19.0 Å². The van der Waals surface area contributed by atoms with Crippen molar-refractivity contribution in [3.63, 3.8) is 0 Å². The molecule has 0 atom stereocenters.